The van der Waals surface area contributed by atoms with E-state index in [1.165, 1.54) is 12.4 Å². The van der Waals surface area contributed by atoms with Gasteiger partial charge in [-0.3, -0.25) is 4.79 Å². The fraction of sp³-hybridized carbons (Fsp3) is 0.100. The Kier molecular flexibility index (Phi) is 5.67. The zero-order chi connectivity index (χ0) is 19.9. The highest BCUT2D eigenvalue weighted by Crippen LogP contribution is 2.30. The Morgan fingerprint density at radius 3 is 2.43 bits per heavy atom. The SMILES string of the molecule is COc1ccc(OC)c(Nc2cnc(C(=O)Nc3ccc(C#N)cc3)cn2)c1. The quantitative estimate of drug-likeness (QED) is 0.680. The van der Waals surface area contributed by atoms with Crippen LogP contribution in [0.2, 0.25) is 0 Å². The summed E-state index contributed by atoms with van der Waals surface area (Å²) in [5.74, 6) is 1.32. The number of nitrogens with one attached hydrogen (secondary N) is 2. The maximum absolute atomic E-state index is 12.3. The van der Waals surface area contributed by atoms with E-state index in [1.807, 2.05) is 6.07 Å². The number of ether oxygens (including phenoxy) is 2. The number of methoxy groups -OCH3 is 2. The van der Waals surface area contributed by atoms with Crippen LogP contribution in [-0.4, -0.2) is 30.1 Å². The van der Waals surface area contributed by atoms with Crippen LogP contribution >= 0.6 is 0 Å². The molecule has 8 nitrogen and oxygen atoms in total. The lowest BCUT2D eigenvalue weighted by atomic mass is 10.2. The van der Waals surface area contributed by atoms with E-state index in [0.29, 0.717) is 34.3 Å². The van der Waals surface area contributed by atoms with Crippen molar-refractivity contribution in [3.05, 3.63) is 66.1 Å². The molecule has 3 aromatic rings. The fourth-order valence-corrected chi connectivity index (χ4v) is 2.38. The van der Waals surface area contributed by atoms with E-state index >= 15 is 0 Å². The predicted molar refractivity (Wildman–Crippen MR) is 104 cm³/mol. The molecule has 0 aliphatic carbocycles. The van der Waals surface area contributed by atoms with Gasteiger partial charge < -0.3 is 20.1 Å². The molecule has 2 aromatic carbocycles. The number of benzene rings is 2. The van der Waals surface area contributed by atoms with Crippen molar-refractivity contribution in [1.29, 1.82) is 5.26 Å². The first-order chi connectivity index (χ1) is 13.6. The summed E-state index contributed by atoms with van der Waals surface area (Å²) >= 11 is 0. The van der Waals surface area contributed by atoms with Gasteiger partial charge in [-0.1, -0.05) is 0 Å². The summed E-state index contributed by atoms with van der Waals surface area (Å²) in [6.07, 6.45) is 2.82. The number of nitriles is 1. The lowest BCUT2D eigenvalue weighted by Crippen LogP contribution is -2.14. The Hall–Kier alpha value is -4.12. The molecule has 0 radical (unpaired) electrons. The van der Waals surface area contributed by atoms with Gasteiger partial charge in [-0.25, -0.2) is 9.97 Å². The van der Waals surface area contributed by atoms with Crippen molar-refractivity contribution >= 4 is 23.1 Å². The molecule has 8 heteroatoms. The van der Waals surface area contributed by atoms with E-state index in [9.17, 15) is 4.79 Å². The monoisotopic (exact) mass is 375 g/mol. The summed E-state index contributed by atoms with van der Waals surface area (Å²) in [7, 11) is 3.14. The van der Waals surface area contributed by atoms with Crippen molar-refractivity contribution in [3.8, 4) is 17.6 Å². The summed E-state index contributed by atoms with van der Waals surface area (Å²) in [5.41, 5.74) is 1.90. The van der Waals surface area contributed by atoms with Crippen LogP contribution < -0.4 is 20.1 Å². The molecule has 1 amide bonds. The highest BCUT2D eigenvalue weighted by Gasteiger charge is 2.10. The van der Waals surface area contributed by atoms with Crippen LogP contribution in [0.3, 0.4) is 0 Å². The second kappa shape index (κ2) is 8.51. The van der Waals surface area contributed by atoms with Crippen molar-refractivity contribution in [2.45, 2.75) is 0 Å². The largest absolute Gasteiger partial charge is 0.497 e. The third kappa shape index (κ3) is 4.34. The van der Waals surface area contributed by atoms with Gasteiger partial charge in [-0.15, -0.1) is 0 Å². The van der Waals surface area contributed by atoms with Gasteiger partial charge in [0.05, 0.1) is 43.9 Å². The second-order valence-corrected chi connectivity index (χ2v) is 5.62. The van der Waals surface area contributed by atoms with Crippen molar-refractivity contribution in [2.75, 3.05) is 24.9 Å². The van der Waals surface area contributed by atoms with E-state index in [2.05, 4.69) is 20.6 Å². The molecule has 0 bridgehead atoms. The average molecular weight is 375 g/mol. The van der Waals surface area contributed by atoms with Gasteiger partial charge in [0.15, 0.2) is 0 Å². The lowest BCUT2D eigenvalue weighted by molar-refractivity contribution is 0.102. The number of carbonyl (C=O) groups is 1. The number of hydrogen-bond donors (Lipinski definition) is 2. The smallest absolute Gasteiger partial charge is 0.275 e. The molecule has 0 saturated carbocycles. The number of aromatic nitrogens is 2. The van der Waals surface area contributed by atoms with Crippen LogP contribution in [-0.2, 0) is 0 Å². The van der Waals surface area contributed by atoms with Gasteiger partial charge in [0.25, 0.3) is 5.91 Å². The molecule has 1 aromatic heterocycles. The molecule has 1 heterocycles. The van der Waals surface area contributed by atoms with Crippen LogP contribution in [0.1, 0.15) is 16.1 Å². The maximum Gasteiger partial charge on any atom is 0.275 e. The summed E-state index contributed by atoms with van der Waals surface area (Å²) in [5, 5.41) is 14.6. The zero-order valence-electron chi connectivity index (χ0n) is 15.3. The molecule has 0 atom stereocenters. The zero-order valence-corrected chi connectivity index (χ0v) is 15.3. The predicted octanol–water partition coefficient (Wildman–Crippen LogP) is 3.36. The molecule has 0 aliphatic heterocycles. The minimum absolute atomic E-state index is 0.160. The topological polar surface area (TPSA) is 109 Å². The number of hydrogen-bond acceptors (Lipinski definition) is 7. The van der Waals surface area contributed by atoms with Gasteiger partial charge in [-0.2, -0.15) is 5.26 Å². The molecule has 0 saturated heterocycles. The minimum Gasteiger partial charge on any atom is -0.497 e. The highest BCUT2D eigenvalue weighted by molar-refractivity contribution is 6.02. The molecule has 0 unspecified atom stereocenters. The summed E-state index contributed by atoms with van der Waals surface area (Å²) in [6, 6.07) is 13.9. The molecule has 28 heavy (non-hydrogen) atoms. The van der Waals surface area contributed by atoms with Crippen molar-refractivity contribution in [1.82, 2.24) is 9.97 Å². The lowest BCUT2D eigenvalue weighted by Gasteiger charge is -2.12. The first kappa shape index (κ1) is 18.7. The number of rotatable bonds is 6. The van der Waals surface area contributed by atoms with Crippen LogP contribution in [0, 0.1) is 11.3 Å². The first-order valence-corrected chi connectivity index (χ1v) is 8.25. The highest BCUT2D eigenvalue weighted by atomic mass is 16.5. The number of nitrogens with zero attached hydrogens (tertiary/aromatic N) is 3. The summed E-state index contributed by atoms with van der Waals surface area (Å²) in [6.45, 7) is 0. The Morgan fingerprint density at radius 1 is 1.04 bits per heavy atom. The molecular formula is C20H17N5O3. The molecule has 140 valence electrons. The van der Waals surface area contributed by atoms with E-state index in [-0.39, 0.29) is 5.69 Å². The van der Waals surface area contributed by atoms with Crippen LogP contribution in [0.5, 0.6) is 11.5 Å². The van der Waals surface area contributed by atoms with Gasteiger partial charge in [0.2, 0.25) is 0 Å². The molecule has 3 rings (SSSR count). The van der Waals surface area contributed by atoms with Gasteiger partial charge in [0, 0.05) is 11.8 Å². The van der Waals surface area contributed by atoms with Gasteiger partial charge >= 0.3 is 0 Å². The first-order valence-electron chi connectivity index (χ1n) is 8.25. The molecule has 0 aliphatic rings. The summed E-state index contributed by atoms with van der Waals surface area (Å²) in [4.78, 5) is 20.6. The molecule has 0 spiro atoms. The standard InChI is InChI=1S/C20H17N5O3/c1-27-15-7-8-18(28-2)16(9-15)25-19-12-22-17(11-23-19)20(26)24-14-5-3-13(10-21)4-6-14/h3-9,11-12H,1-2H3,(H,23,25)(H,24,26). The van der Waals surface area contributed by atoms with Crippen LogP contribution in [0.15, 0.2) is 54.9 Å². The number of anilines is 3. The van der Waals surface area contributed by atoms with E-state index in [4.69, 9.17) is 14.7 Å². The van der Waals surface area contributed by atoms with Crippen LogP contribution in [0.25, 0.3) is 0 Å². The second-order valence-electron chi connectivity index (χ2n) is 5.62. The number of amides is 1. The molecular weight excluding hydrogens is 358 g/mol. The van der Waals surface area contributed by atoms with E-state index < -0.39 is 5.91 Å². The summed E-state index contributed by atoms with van der Waals surface area (Å²) < 4.78 is 10.5. The van der Waals surface area contributed by atoms with Gasteiger partial charge in [-0.05, 0) is 36.4 Å². The van der Waals surface area contributed by atoms with Crippen LogP contribution in [0.4, 0.5) is 17.2 Å². The van der Waals surface area contributed by atoms with E-state index in [1.54, 1.807) is 56.7 Å². The maximum atomic E-state index is 12.3. The normalized spacial score (nSPS) is 9.89. The Labute approximate surface area is 161 Å². The van der Waals surface area contributed by atoms with Crippen molar-refractivity contribution in [2.24, 2.45) is 0 Å². The fourth-order valence-electron chi connectivity index (χ4n) is 2.38. The Morgan fingerprint density at radius 2 is 1.82 bits per heavy atom. The average Bonchev–Trinajstić information content (AvgIpc) is 2.74. The van der Waals surface area contributed by atoms with E-state index in [0.717, 1.165) is 0 Å². The van der Waals surface area contributed by atoms with Crippen molar-refractivity contribution in [3.63, 3.8) is 0 Å². The van der Waals surface area contributed by atoms with Crippen molar-refractivity contribution < 1.29 is 14.3 Å². The molecule has 0 fully saturated rings. The molecule has 2 N–H and O–H groups in total. The minimum atomic E-state index is -0.400. The number of carbonyl (C=O) groups excluding carboxylic acids is 1. The Balaban J connectivity index is 1.71. The Bertz CT molecular complexity index is 1010. The third-order valence-electron chi connectivity index (χ3n) is 3.83. The van der Waals surface area contributed by atoms with Gasteiger partial charge in [0.1, 0.15) is 23.0 Å². The third-order valence-corrected chi connectivity index (χ3v) is 3.83.